The first-order valence-corrected chi connectivity index (χ1v) is 5.99. The number of nitrogens with one attached hydrogen (secondary N) is 1. The monoisotopic (exact) mass is 277 g/mol. The van der Waals surface area contributed by atoms with Gasteiger partial charge in [-0.2, -0.15) is 0 Å². The number of ether oxygens (including phenoxy) is 1. The Labute approximate surface area is 115 Å². The van der Waals surface area contributed by atoms with Crippen LogP contribution in [0.1, 0.15) is 10.4 Å². The number of hydrogen-bond acceptors (Lipinski definition) is 3. The van der Waals surface area contributed by atoms with E-state index >= 15 is 0 Å². The second-order valence-electron chi connectivity index (χ2n) is 3.85. The van der Waals surface area contributed by atoms with Crippen molar-refractivity contribution in [3.05, 3.63) is 53.8 Å². The summed E-state index contributed by atoms with van der Waals surface area (Å²) in [5.41, 5.74) is 0.886. The lowest BCUT2D eigenvalue weighted by atomic mass is 10.2. The number of thiol groups is 1. The van der Waals surface area contributed by atoms with Crippen LogP contribution in [0.15, 0.2) is 47.4 Å². The molecule has 2 aromatic rings. The van der Waals surface area contributed by atoms with Gasteiger partial charge in [-0.15, -0.1) is 12.6 Å². The third-order valence-corrected chi connectivity index (χ3v) is 2.80. The number of anilines is 1. The van der Waals surface area contributed by atoms with E-state index in [4.69, 9.17) is 4.74 Å². The Balaban J connectivity index is 2.24. The lowest BCUT2D eigenvalue weighted by molar-refractivity contribution is 0.102. The molecule has 0 aliphatic carbocycles. The largest absolute Gasteiger partial charge is 0.494 e. The van der Waals surface area contributed by atoms with E-state index < -0.39 is 5.82 Å². The molecule has 0 radical (unpaired) electrons. The molecule has 0 atom stereocenters. The second kappa shape index (κ2) is 5.75. The van der Waals surface area contributed by atoms with Crippen molar-refractivity contribution in [1.29, 1.82) is 0 Å². The highest BCUT2D eigenvalue weighted by atomic mass is 32.1. The molecule has 3 nitrogen and oxygen atoms in total. The third kappa shape index (κ3) is 3.26. The Morgan fingerprint density at radius 3 is 2.74 bits per heavy atom. The molecular weight excluding hydrogens is 265 g/mol. The first kappa shape index (κ1) is 13.4. The molecule has 0 bridgehead atoms. The molecule has 0 aliphatic rings. The molecule has 0 unspecified atom stereocenters. The summed E-state index contributed by atoms with van der Waals surface area (Å²) in [6, 6.07) is 10.8. The standard InChI is InChI=1S/C14H12FNO2S/c1-18-13-8-10(15)5-6-12(13)16-14(17)9-3-2-4-11(19)7-9/h2-8,19H,1H3,(H,16,17). The number of amides is 1. The molecule has 1 N–H and O–H groups in total. The molecule has 19 heavy (non-hydrogen) atoms. The summed E-state index contributed by atoms with van der Waals surface area (Å²) in [4.78, 5) is 12.7. The lowest BCUT2D eigenvalue weighted by Crippen LogP contribution is -2.12. The summed E-state index contributed by atoms with van der Waals surface area (Å²) in [6.45, 7) is 0. The van der Waals surface area contributed by atoms with Crippen LogP contribution in [0.3, 0.4) is 0 Å². The molecule has 0 heterocycles. The van der Waals surface area contributed by atoms with Crippen LogP contribution in [0.2, 0.25) is 0 Å². The number of carbonyl (C=O) groups excluding carboxylic acids is 1. The minimum absolute atomic E-state index is 0.273. The van der Waals surface area contributed by atoms with E-state index in [0.29, 0.717) is 16.1 Å². The van der Waals surface area contributed by atoms with Gasteiger partial charge in [0, 0.05) is 16.5 Å². The van der Waals surface area contributed by atoms with Crippen LogP contribution < -0.4 is 10.1 Å². The predicted molar refractivity (Wildman–Crippen MR) is 74.6 cm³/mol. The minimum atomic E-state index is -0.424. The molecule has 2 aromatic carbocycles. The van der Waals surface area contributed by atoms with E-state index in [1.807, 2.05) is 0 Å². The van der Waals surface area contributed by atoms with Gasteiger partial charge < -0.3 is 10.1 Å². The van der Waals surface area contributed by atoms with Gasteiger partial charge in [-0.1, -0.05) is 6.07 Å². The topological polar surface area (TPSA) is 38.3 Å². The molecule has 1 amide bonds. The molecule has 0 spiro atoms. The van der Waals surface area contributed by atoms with Crippen molar-refractivity contribution in [3.8, 4) is 5.75 Å². The van der Waals surface area contributed by atoms with Gasteiger partial charge in [0.2, 0.25) is 0 Å². The van der Waals surface area contributed by atoms with Gasteiger partial charge in [-0.3, -0.25) is 4.79 Å². The first-order chi connectivity index (χ1) is 9.10. The number of hydrogen-bond donors (Lipinski definition) is 2. The molecule has 0 saturated heterocycles. The maximum absolute atomic E-state index is 13.0. The van der Waals surface area contributed by atoms with Crippen molar-refractivity contribution in [1.82, 2.24) is 0 Å². The lowest BCUT2D eigenvalue weighted by Gasteiger charge is -2.10. The summed E-state index contributed by atoms with van der Waals surface area (Å²) in [6.07, 6.45) is 0. The van der Waals surface area contributed by atoms with Gasteiger partial charge in [0.25, 0.3) is 5.91 Å². The zero-order valence-electron chi connectivity index (χ0n) is 10.2. The number of benzene rings is 2. The van der Waals surface area contributed by atoms with Gasteiger partial charge >= 0.3 is 0 Å². The van der Waals surface area contributed by atoms with Crippen molar-refractivity contribution in [2.45, 2.75) is 4.90 Å². The van der Waals surface area contributed by atoms with Gasteiger partial charge in [0.05, 0.1) is 12.8 Å². The van der Waals surface area contributed by atoms with Crippen molar-refractivity contribution < 1.29 is 13.9 Å². The van der Waals surface area contributed by atoms with E-state index in [0.717, 1.165) is 0 Å². The van der Waals surface area contributed by atoms with Crippen LogP contribution in [0.5, 0.6) is 5.75 Å². The fourth-order valence-corrected chi connectivity index (χ4v) is 1.84. The molecule has 2 rings (SSSR count). The Bertz CT molecular complexity index is 616. The third-order valence-electron chi connectivity index (χ3n) is 2.52. The highest BCUT2D eigenvalue weighted by molar-refractivity contribution is 7.80. The van der Waals surface area contributed by atoms with Crippen molar-refractivity contribution in [2.75, 3.05) is 12.4 Å². The SMILES string of the molecule is COc1cc(F)ccc1NC(=O)c1cccc(S)c1. The normalized spacial score (nSPS) is 10.1. The highest BCUT2D eigenvalue weighted by Crippen LogP contribution is 2.25. The molecule has 5 heteroatoms. The number of halogens is 1. The molecule has 0 aliphatic heterocycles. The zero-order valence-corrected chi connectivity index (χ0v) is 11.1. The summed E-state index contributed by atoms with van der Waals surface area (Å²) in [5.74, 6) is -0.455. The number of carbonyl (C=O) groups is 1. The fourth-order valence-electron chi connectivity index (χ4n) is 1.61. The van der Waals surface area contributed by atoms with Crippen LogP contribution in [-0.4, -0.2) is 13.0 Å². The van der Waals surface area contributed by atoms with Gasteiger partial charge in [0.1, 0.15) is 11.6 Å². The Morgan fingerprint density at radius 1 is 1.26 bits per heavy atom. The molecule has 98 valence electrons. The van der Waals surface area contributed by atoms with E-state index in [1.54, 1.807) is 24.3 Å². The average Bonchev–Trinajstić information content (AvgIpc) is 2.40. The van der Waals surface area contributed by atoms with E-state index in [9.17, 15) is 9.18 Å². The van der Waals surface area contributed by atoms with E-state index in [-0.39, 0.29) is 11.7 Å². The van der Waals surface area contributed by atoms with E-state index in [1.165, 1.54) is 25.3 Å². The number of methoxy groups -OCH3 is 1. The maximum Gasteiger partial charge on any atom is 0.255 e. The zero-order chi connectivity index (χ0) is 13.8. The summed E-state index contributed by atoms with van der Waals surface area (Å²) >= 11 is 4.17. The summed E-state index contributed by atoms with van der Waals surface area (Å²) < 4.78 is 18.1. The Kier molecular flexibility index (Phi) is 4.06. The van der Waals surface area contributed by atoms with E-state index in [2.05, 4.69) is 17.9 Å². The quantitative estimate of drug-likeness (QED) is 0.844. The fraction of sp³-hybridized carbons (Fsp3) is 0.0714. The van der Waals surface area contributed by atoms with Crippen molar-refractivity contribution >= 4 is 24.2 Å². The van der Waals surface area contributed by atoms with Crippen LogP contribution in [0.4, 0.5) is 10.1 Å². The van der Waals surface area contributed by atoms with Crippen molar-refractivity contribution in [3.63, 3.8) is 0 Å². The van der Waals surface area contributed by atoms with Crippen LogP contribution in [0.25, 0.3) is 0 Å². The van der Waals surface area contributed by atoms with Gasteiger partial charge in [-0.25, -0.2) is 4.39 Å². The highest BCUT2D eigenvalue weighted by Gasteiger charge is 2.10. The maximum atomic E-state index is 13.0. The Morgan fingerprint density at radius 2 is 2.05 bits per heavy atom. The van der Waals surface area contributed by atoms with Crippen LogP contribution in [0, 0.1) is 5.82 Å². The summed E-state index contributed by atoms with van der Waals surface area (Å²) in [7, 11) is 1.42. The van der Waals surface area contributed by atoms with Gasteiger partial charge in [-0.05, 0) is 30.3 Å². The van der Waals surface area contributed by atoms with Gasteiger partial charge in [0.15, 0.2) is 0 Å². The summed E-state index contributed by atoms with van der Waals surface area (Å²) in [5, 5.41) is 2.67. The van der Waals surface area contributed by atoms with Crippen LogP contribution >= 0.6 is 12.6 Å². The molecular formula is C14H12FNO2S. The minimum Gasteiger partial charge on any atom is -0.494 e. The molecule has 0 saturated carbocycles. The first-order valence-electron chi connectivity index (χ1n) is 5.54. The van der Waals surface area contributed by atoms with Crippen molar-refractivity contribution in [2.24, 2.45) is 0 Å². The second-order valence-corrected chi connectivity index (χ2v) is 4.37. The average molecular weight is 277 g/mol. The molecule has 0 fully saturated rings. The van der Waals surface area contributed by atoms with Crippen LogP contribution in [-0.2, 0) is 0 Å². The smallest absolute Gasteiger partial charge is 0.255 e. The predicted octanol–water partition coefficient (Wildman–Crippen LogP) is 3.38. The molecule has 0 aromatic heterocycles. The number of rotatable bonds is 3. The Hall–Kier alpha value is -2.01.